The highest BCUT2D eigenvalue weighted by atomic mass is 79.9. The van der Waals surface area contributed by atoms with Crippen LogP contribution in [0, 0.1) is 0 Å². The molecule has 2 aromatic rings. The van der Waals surface area contributed by atoms with Crippen molar-refractivity contribution in [1.29, 1.82) is 0 Å². The van der Waals surface area contributed by atoms with Gasteiger partial charge in [0.2, 0.25) is 5.91 Å². The van der Waals surface area contributed by atoms with Crippen LogP contribution in [0.1, 0.15) is 36.4 Å². The smallest absolute Gasteiger partial charge is 0.343 e. The van der Waals surface area contributed by atoms with E-state index in [1.807, 2.05) is 30.0 Å². The molecule has 0 saturated carbocycles. The first kappa shape index (κ1) is 16.0. The number of amides is 1. The highest BCUT2D eigenvalue weighted by Gasteiger charge is 2.23. The highest BCUT2D eigenvalue weighted by Crippen LogP contribution is 2.36. The lowest BCUT2D eigenvalue weighted by atomic mass is 9.93. The van der Waals surface area contributed by atoms with Gasteiger partial charge in [0.05, 0.1) is 10.2 Å². The van der Waals surface area contributed by atoms with E-state index in [1.165, 1.54) is 0 Å². The van der Waals surface area contributed by atoms with Crippen LogP contribution >= 0.6 is 15.9 Å². The van der Waals surface area contributed by atoms with E-state index in [9.17, 15) is 9.59 Å². The Morgan fingerprint density at radius 3 is 2.57 bits per heavy atom. The third kappa shape index (κ3) is 2.98. The normalized spacial score (nSPS) is 16.3. The lowest BCUT2D eigenvalue weighted by molar-refractivity contribution is -0.128. The first-order chi connectivity index (χ1) is 11.0. The zero-order valence-corrected chi connectivity index (χ0v) is 14.7. The zero-order valence-electron chi connectivity index (χ0n) is 13.1. The summed E-state index contributed by atoms with van der Waals surface area (Å²) in [7, 11) is 0. The van der Waals surface area contributed by atoms with Gasteiger partial charge in [-0.2, -0.15) is 0 Å². The minimum Gasteiger partial charge on any atom is -0.426 e. The van der Waals surface area contributed by atoms with Crippen LogP contribution < -0.4 is 5.63 Å². The van der Waals surface area contributed by atoms with Crippen molar-refractivity contribution in [2.45, 2.75) is 25.1 Å². The molecular formula is C18H18BrNO3. The van der Waals surface area contributed by atoms with Crippen LogP contribution in [0.3, 0.4) is 0 Å². The summed E-state index contributed by atoms with van der Waals surface area (Å²) in [5.41, 5.74) is 1.80. The Morgan fingerprint density at radius 1 is 1.30 bits per heavy atom. The fourth-order valence-electron chi connectivity index (χ4n) is 3.01. The molecule has 2 heterocycles. The maximum absolute atomic E-state index is 12.2. The van der Waals surface area contributed by atoms with E-state index in [2.05, 4.69) is 22.0 Å². The average molecular weight is 376 g/mol. The van der Waals surface area contributed by atoms with Gasteiger partial charge < -0.3 is 9.32 Å². The number of fused-ring (bicyclic) bond motifs is 1. The topological polar surface area (TPSA) is 50.5 Å². The van der Waals surface area contributed by atoms with Gasteiger partial charge in [-0.05, 0) is 30.4 Å². The van der Waals surface area contributed by atoms with Crippen LogP contribution in [0.25, 0.3) is 16.3 Å². The summed E-state index contributed by atoms with van der Waals surface area (Å²) in [6, 6.07) is 7.52. The Kier molecular flexibility index (Phi) is 4.39. The maximum atomic E-state index is 12.2. The number of alkyl halides is 1. The third-order valence-corrected chi connectivity index (χ3v) is 4.62. The number of benzene rings is 1. The molecule has 0 bridgehead atoms. The average Bonchev–Trinajstić information content (AvgIpc) is 2.55. The molecule has 1 amide bonds. The van der Waals surface area contributed by atoms with Gasteiger partial charge in [-0.3, -0.25) is 4.79 Å². The molecule has 0 aliphatic carbocycles. The molecule has 120 valence electrons. The van der Waals surface area contributed by atoms with E-state index >= 15 is 0 Å². The molecule has 1 unspecified atom stereocenters. The number of hydrogen-bond acceptors (Lipinski definition) is 3. The number of carbonyl (C=O) groups is 1. The number of nitrogens with zero attached hydrogens (tertiary/aromatic N) is 1. The molecule has 0 saturated heterocycles. The summed E-state index contributed by atoms with van der Waals surface area (Å²) < 4.78 is 5.59. The highest BCUT2D eigenvalue weighted by molar-refractivity contribution is 9.09. The maximum Gasteiger partial charge on any atom is 0.343 e. The van der Waals surface area contributed by atoms with Crippen molar-refractivity contribution >= 4 is 38.2 Å². The fourth-order valence-corrected chi connectivity index (χ4v) is 3.33. The quantitative estimate of drug-likeness (QED) is 0.748. The number of rotatable bonds is 2. The molecule has 0 radical (unpaired) electrons. The molecular weight excluding hydrogens is 358 g/mol. The number of hydrogen-bond donors (Lipinski definition) is 0. The summed E-state index contributed by atoms with van der Waals surface area (Å²) in [5.74, 6) is 0.732. The molecule has 1 aromatic heterocycles. The molecule has 1 aliphatic rings. The predicted octanol–water partition coefficient (Wildman–Crippen LogP) is 3.88. The van der Waals surface area contributed by atoms with E-state index in [4.69, 9.17) is 4.42 Å². The van der Waals surface area contributed by atoms with E-state index in [0.29, 0.717) is 24.2 Å². The van der Waals surface area contributed by atoms with Crippen LogP contribution in [0.2, 0.25) is 0 Å². The predicted molar refractivity (Wildman–Crippen MR) is 94.7 cm³/mol. The Hall–Kier alpha value is -1.88. The van der Waals surface area contributed by atoms with Gasteiger partial charge in [-0.15, -0.1) is 0 Å². The summed E-state index contributed by atoms with van der Waals surface area (Å²) >= 11 is 3.53. The fraction of sp³-hybridized carbons (Fsp3) is 0.333. The second-order valence-electron chi connectivity index (χ2n) is 5.73. The monoisotopic (exact) mass is 375 g/mol. The first-order valence-corrected chi connectivity index (χ1v) is 8.55. The molecule has 1 atom stereocenters. The lowest BCUT2D eigenvalue weighted by Crippen LogP contribution is -2.32. The molecule has 1 aromatic carbocycles. The first-order valence-electron chi connectivity index (χ1n) is 7.63. The molecule has 0 fully saturated rings. The van der Waals surface area contributed by atoms with Crippen LogP contribution in [-0.4, -0.2) is 23.9 Å². The van der Waals surface area contributed by atoms with Crippen molar-refractivity contribution in [1.82, 2.24) is 4.90 Å². The summed E-state index contributed by atoms with van der Waals surface area (Å²) in [4.78, 5) is 25.5. The minimum atomic E-state index is -0.313. The van der Waals surface area contributed by atoms with Crippen LogP contribution in [0.5, 0.6) is 0 Å². The van der Waals surface area contributed by atoms with Crippen molar-refractivity contribution in [3.63, 3.8) is 0 Å². The van der Waals surface area contributed by atoms with Gasteiger partial charge in [-0.25, -0.2) is 4.79 Å². The minimum absolute atomic E-state index is 0.0680. The van der Waals surface area contributed by atoms with Crippen molar-refractivity contribution < 1.29 is 9.21 Å². The lowest BCUT2D eigenvalue weighted by Gasteiger charge is -2.26. The molecule has 3 rings (SSSR count). The number of halogens is 1. The second kappa shape index (κ2) is 6.32. The van der Waals surface area contributed by atoms with Gasteiger partial charge in [-0.1, -0.05) is 40.2 Å². The van der Waals surface area contributed by atoms with Gasteiger partial charge in [0.25, 0.3) is 0 Å². The van der Waals surface area contributed by atoms with Crippen molar-refractivity contribution in [2.24, 2.45) is 0 Å². The Balaban J connectivity index is 2.20. The summed E-state index contributed by atoms with van der Waals surface area (Å²) in [6.45, 7) is 4.81. The molecule has 0 spiro atoms. The van der Waals surface area contributed by atoms with Crippen molar-refractivity contribution in [3.05, 3.63) is 52.1 Å². The van der Waals surface area contributed by atoms with E-state index < -0.39 is 0 Å². The van der Waals surface area contributed by atoms with Crippen LogP contribution in [0.4, 0.5) is 0 Å². The van der Waals surface area contributed by atoms with E-state index in [1.54, 1.807) is 13.0 Å². The van der Waals surface area contributed by atoms with Gasteiger partial charge in [0.15, 0.2) is 0 Å². The summed E-state index contributed by atoms with van der Waals surface area (Å²) in [6.07, 6.45) is 2.82. The third-order valence-electron chi connectivity index (χ3n) is 4.20. The molecule has 4 nitrogen and oxygen atoms in total. The molecule has 23 heavy (non-hydrogen) atoms. The van der Waals surface area contributed by atoms with Gasteiger partial charge >= 0.3 is 5.63 Å². The van der Waals surface area contributed by atoms with E-state index in [0.717, 1.165) is 22.9 Å². The molecule has 5 heteroatoms. The summed E-state index contributed by atoms with van der Waals surface area (Å²) in [5, 5.41) is 1.50. The van der Waals surface area contributed by atoms with Crippen molar-refractivity contribution in [3.8, 4) is 0 Å². The van der Waals surface area contributed by atoms with Gasteiger partial charge in [0.1, 0.15) is 5.76 Å². The second-order valence-corrected chi connectivity index (χ2v) is 7.11. The molecule has 0 N–H and O–H groups in total. The Labute approximate surface area is 142 Å². The Morgan fingerprint density at radius 2 is 2.00 bits per heavy atom. The van der Waals surface area contributed by atoms with Crippen LogP contribution in [-0.2, 0) is 4.79 Å². The van der Waals surface area contributed by atoms with Crippen molar-refractivity contribution in [2.75, 3.05) is 13.1 Å². The SMILES string of the molecule is CC(=O)N1CC=C(c2c(C(C)Br)oc(=O)c3ccccc23)CC1. The number of carbonyl (C=O) groups excluding carboxylic acids is 1. The Bertz CT molecular complexity index is 851. The molecule has 1 aliphatic heterocycles. The van der Waals surface area contributed by atoms with Gasteiger partial charge in [0, 0.05) is 25.6 Å². The standard InChI is InChI=1S/C18H18BrNO3/c1-11(19)17-16(13-7-9-20(10-8-13)12(2)21)14-5-3-4-6-15(14)18(22)23-17/h3-7,11H,8-10H2,1-2H3. The zero-order chi connectivity index (χ0) is 16.6. The van der Waals surface area contributed by atoms with E-state index in [-0.39, 0.29) is 16.4 Å². The largest absolute Gasteiger partial charge is 0.426 e. The van der Waals surface area contributed by atoms with Crippen LogP contribution in [0.15, 0.2) is 39.6 Å².